The maximum Gasteiger partial charge on any atom is 0.271 e. The number of carbonyl (C=O) groups excluding carboxylic acids is 2. The van der Waals surface area contributed by atoms with Crippen molar-refractivity contribution in [2.75, 3.05) is 25.6 Å². The van der Waals surface area contributed by atoms with Crippen LogP contribution in [0.4, 0.5) is 16.0 Å². The van der Waals surface area contributed by atoms with Gasteiger partial charge in [-0.05, 0) is 37.1 Å². The number of methoxy groups -OCH3 is 1. The van der Waals surface area contributed by atoms with Crippen LogP contribution in [0.1, 0.15) is 30.2 Å². The number of ether oxygens (including phenoxy) is 3. The molecule has 7 aliphatic rings. The number of hydrogen-bond donors (Lipinski definition) is 2. The van der Waals surface area contributed by atoms with E-state index in [9.17, 15) is 14.0 Å². The molecule has 1 unspecified atom stereocenters. The number of nitrogens with zero attached hydrogens (tertiary/aromatic N) is 2. The quantitative estimate of drug-likeness (QED) is 0.499. The van der Waals surface area contributed by atoms with E-state index in [1.54, 1.807) is 36.4 Å². The molecule has 0 radical (unpaired) electrons. The zero-order chi connectivity index (χ0) is 25.3. The fraction of sp³-hybridized carbons (Fsp3) is 0.308. The molecule has 9 nitrogen and oxygen atoms in total. The van der Waals surface area contributed by atoms with Crippen LogP contribution in [0.15, 0.2) is 42.6 Å². The fourth-order valence-electron chi connectivity index (χ4n) is 4.17. The smallest absolute Gasteiger partial charge is 0.271 e. The van der Waals surface area contributed by atoms with Crippen molar-refractivity contribution in [2.45, 2.75) is 31.8 Å². The molecule has 0 saturated heterocycles. The van der Waals surface area contributed by atoms with E-state index in [2.05, 4.69) is 20.6 Å². The van der Waals surface area contributed by atoms with E-state index in [0.717, 1.165) is 11.8 Å². The third-order valence-electron chi connectivity index (χ3n) is 6.23. The topological polar surface area (TPSA) is 112 Å². The Morgan fingerprint density at radius 2 is 1.94 bits per heavy atom. The number of rotatable bonds is 1. The molecular formula is C26H25FN4O5. The van der Waals surface area contributed by atoms with Crippen LogP contribution in [0.3, 0.4) is 0 Å². The van der Waals surface area contributed by atoms with Gasteiger partial charge in [0.25, 0.3) is 5.91 Å². The van der Waals surface area contributed by atoms with E-state index in [-0.39, 0.29) is 30.3 Å². The second-order valence-electron chi connectivity index (χ2n) is 8.79. The maximum absolute atomic E-state index is 14.6. The molecule has 10 heteroatoms. The molecule has 186 valence electrons. The third-order valence-corrected chi connectivity index (χ3v) is 6.23. The minimum absolute atomic E-state index is 0.0308. The summed E-state index contributed by atoms with van der Waals surface area (Å²) < 4.78 is 31.7. The highest BCUT2D eigenvalue weighted by Gasteiger charge is 2.46. The predicted octanol–water partition coefficient (Wildman–Crippen LogP) is 3.12. The normalized spacial score (nSPS) is 19.5. The second kappa shape index (κ2) is 9.44. The van der Waals surface area contributed by atoms with Gasteiger partial charge in [-0.3, -0.25) is 9.59 Å². The van der Waals surface area contributed by atoms with E-state index >= 15 is 0 Å². The van der Waals surface area contributed by atoms with Crippen molar-refractivity contribution in [1.82, 2.24) is 15.3 Å². The fourth-order valence-corrected chi connectivity index (χ4v) is 4.17. The molecule has 10 rings (SSSR count). The van der Waals surface area contributed by atoms with Gasteiger partial charge < -0.3 is 24.8 Å². The average molecular weight is 493 g/mol. The lowest BCUT2D eigenvalue weighted by Gasteiger charge is -2.33. The summed E-state index contributed by atoms with van der Waals surface area (Å²) in [6, 6.07) is 10.5. The molecule has 1 amide bonds. The Bertz CT molecular complexity index is 1350. The van der Waals surface area contributed by atoms with Crippen LogP contribution >= 0.6 is 0 Å². The van der Waals surface area contributed by atoms with Crippen molar-refractivity contribution in [2.24, 2.45) is 0 Å². The molecule has 8 heterocycles. The molecule has 0 fully saturated rings. The van der Waals surface area contributed by atoms with Crippen LogP contribution in [-0.2, 0) is 22.4 Å². The van der Waals surface area contributed by atoms with Crippen molar-refractivity contribution >= 4 is 23.3 Å². The molecule has 2 N–H and O–H groups in total. The SMILES string of the molecule is COc1cc2ccc1OCCCNC(=O)C1(C)Oc3ccc(cc3CC1=O)Cc1nc(ncc1F)N2. The number of benzene rings is 2. The summed E-state index contributed by atoms with van der Waals surface area (Å²) >= 11 is 0. The molecule has 1 aromatic heterocycles. The minimum Gasteiger partial charge on any atom is -0.493 e. The van der Waals surface area contributed by atoms with Crippen LogP contribution < -0.4 is 24.8 Å². The van der Waals surface area contributed by atoms with Gasteiger partial charge in [-0.1, -0.05) is 12.1 Å². The highest BCUT2D eigenvalue weighted by atomic mass is 19.1. The molecule has 7 aliphatic heterocycles. The van der Waals surface area contributed by atoms with Crippen molar-refractivity contribution < 1.29 is 28.2 Å². The maximum atomic E-state index is 14.6. The van der Waals surface area contributed by atoms with Crippen LogP contribution in [-0.4, -0.2) is 47.5 Å². The van der Waals surface area contributed by atoms with Crippen LogP contribution in [0.2, 0.25) is 0 Å². The summed E-state index contributed by atoms with van der Waals surface area (Å²) in [6.07, 6.45) is 1.83. The Morgan fingerprint density at radius 1 is 1.11 bits per heavy atom. The third kappa shape index (κ3) is 4.53. The lowest BCUT2D eigenvalue weighted by atomic mass is 9.89. The van der Waals surface area contributed by atoms with E-state index in [4.69, 9.17) is 14.2 Å². The van der Waals surface area contributed by atoms with Gasteiger partial charge in [0, 0.05) is 36.7 Å². The predicted molar refractivity (Wildman–Crippen MR) is 128 cm³/mol. The summed E-state index contributed by atoms with van der Waals surface area (Å²) in [4.78, 5) is 34.2. The largest absolute Gasteiger partial charge is 0.493 e. The van der Waals surface area contributed by atoms with Crippen LogP contribution in [0, 0.1) is 5.82 Å². The summed E-state index contributed by atoms with van der Waals surface area (Å²) in [5.41, 5.74) is 0.588. The Morgan fingerprint density at radius 3 is 2.78 bits per heavy atom. The molecule has 8 bridgehead atoms. The first-order valence-corrected chi connectivity index (χ1v) is 11.6. The average Bonchev–Trinajstić information content (AvgIpc) is 2.86. The van der Waals surface area contributed by atoms with Gasteiger partial charge in [-0.25, -0.2) is 14.4 Å². The molecule has 36 heavy (non-hydrogen) atoms. The zero-order valence-electron chi connectivity index (χ0n) is 19.9. The first-order chi connectivity index (χ1) is 17.4. The number of anilines is 2. The number of ketones is 1. The summed E-state index contributed by atoms with van der Waals surface area (Å²) in [5, 5.41) is 5.84. The van der Waals surface area contributed by atoms with Gasteiger partial charge in [0.2, 0.25) is 11.5 Å². The number of halogens is 1. The highest BCUT2D eigenvalue weighted by Crippen LogP contribution is 2.34. The molecule has 0 spiro atoms. The Balaban J connectivity index is 1.51. The highest BCUT2D eigenvalue weighted by molar-refractivity contribution is 6.11. The lowest BCUT2D eigenvalue weighted by molar-refractivity contribution is -0.148. The number of aromatic nitrogens is 2. The summed E-state index contributed by atoms with van der Waals surface area (Å²) in [7, 11) is 1.53. The zero-order valence-corrected chi connectivity index (χ0v) is 19.9. The molecule has 3 aromatic rings. The van der Waals surface area contributed by atoms with Gasteiger partial charge >= 0.3 is 0 Å². The van der Waals surface area contributed by atoms with E-state index in [1.165, 1.54) is 14.0 Å². The van der Waals surface area contributed by atoms with Gasteiger partial charge in [-0.15, -0.1) is 0 Å². The number of amides is 1. The molecular weight excluding hydrogens is 467 g/mol. The Hall–Kier alpha value is -4.21. The van der Waals surface area contributed by atoms with Crippen LogP contribution in [0.25, 0.3) is 0 Å². The number of carbonyl (C=O) groups is 2. The molecule has 1 atom stereocenters. The van der Waals surface area contributed by atoms with E-state index in [1.807, 2.05) is 0 Å². The van der Waals surface area contributed by atoms with Gasteiger partial charge in [-0.2, -0.15) is 0 Å². The Labute approximate surface area is 207 Å². The molecule has 2 aromatic carbocycles. The van der Waals surface area contributed by atoms with E-state index < -0.39 is 17.3 Å². The van der Waals surface area contributed by atoms with Crippen molar-refractivity contribution in [3.63, 3.8) is 0 Å². The number of Topliss-reactive ketones (excluding diaryl/α,β-unsaturated/α-hetero) is 1. The molecule has 0 aliphatic carbocycles. The van der Waals surface area contributed by atoms with Crippen molar-refractivity contribution in [3.8, 4) is 17.2 Å². The monoisotopic (exact) mass is 492 g/mol. The standard InChI is InChI=1S/C26H25FN4O5/c1-26-23(32)12-16-10-15(4-6-20(16)36-26)11-19-18(27)14-29-25(31-19)30-17-5-7-21(22(13-17)34-2)35-9-3-8-28-24(26)33/h4-7,10,13-14H,3,8-9,11-12H2,1-2H3,(H,28,33)(H,29,30,31). The first kappa shape index (κ1) is 23.5. The van der Waals surface area contributed by atoms with Crippen LogP contribution in [0.5, 0.6) is 17.2 Å². The summed E-state index contributed by atoms with van der Waals surface area (Å²) in [6.45, 7) is 2.09. The van der Waals surface area contributed by atoms with Crippen molar-refractivity contribution in [1.29, 1.82) is 0 Å². The van der Waals surface area contributed by atoms with Crippen molar-refractivity contribution in [3.05, 3.63) is 65.2 Å². The number of nitrogens with one attached hydrogen (secondary N) is 2. The number of hydrogen-bond acceptors (Lipinski definition) is 8. The lowest BCUT2D eigenvalue weighted by Crippen LogP contribution is -2.57. The minimum atomic E-state index is -1.63. The summed E-state index contributed by atoms with van der Waals surface area (Å²) in [5.74, 6) is 0.284. The first-order valence-electron chi connectivity index (χ1n) is 11.6. The van der Waals surface area contributed by atoms with Gasteiger partial charge in [0.15, 0.2) is 23.1 Å². The Kier molecular flexibility index (Phi) is 6.17. The second-order valence-corrected chi connectivity index (χ2v) is 8.79. The van der Waals surface area contributed by atoms with Gasteiger partial charge in [0.05, 0.1) is 25.6 Å². The van der Waals surface area contributed by atoms with E-state index in [0.29, 0.717) is 48.1 Å². The molecule has 0 saturated carbocycles. The van der Waals surface area contributed by atoms with Gasteiger partial charge in [0.1, 0.15) is 5.75 Å².